The van der Waals surface area contributed by atoms with E-state index < -0.39 is 0 Å². The lowest BCUT2D eigenvalue weighted by molar-refractivity contribution is 0.139. The molecule has 138 valence electrons. The van der Waals surface area contributed by atoms with Gasteiger partial charge in [-0.25, -0.2) is 4.98 Å². The second kappa shape index (κ2) is 8.29. The molecule has 3 heterocycles. The van der Waals surface area contributed by atoms with Crippen molar-refractivity contribution in [3.8, 4) is 0 Å². The van der Waals surface area contributed by atoms with Crippen LogP contribution in [-0.4, -0.2) is 44.2 Å². The van der Waals surface area contributed by atoms with Crippen LogP contribution in [0.3, 0.4) is 0 Å². The predicted octanol–water partition coefficient (Wildman–Crippen LogP) is 2.42. The third-order valence-corrected chi connectivity index (χ3v) is 5.29. The Bertz CT molecular complexity index is 666. The van der Waals surface area contributed by atoms with Gasteiger partial charge in [0.1, 0.15) is 5.82 Å². The van der Waals surface area contributed by atoms with E-state index in [1.54, 1.807) is 0 Å². The van der Waals surface area contributed by atoms with E-state index in [1.807, 2.05) is 19.4 Å². The molecule has 25 heavy (non-hydrogen) atoms. The molecule has 4 rings (SSSR count). The van der Waals surface area contributed by atoms with Crippen LogP contribution in [0.4, 0.5) is 0 Å². The maximum Gasteiger partial charge on any atom is 0.229 e. The molecule has 1 saturated heterocycles. The fourth-order valence-corrected chi connectivity index (χ4v) is 3.92. The van der Waals surface area contributed by atoms with Gasteiger partial charge in [-0.3, -0.25) is 4.90 Å². The Balaban J connectivity index is 0.00000182. The van der Waals surface area contributed by atoms with Crippen molar-refractivity contribution in [1.82, 2.24) is 29.9 Å². The molecule has 2 aromatic heterocycles. The van der Waals surface area contributed by atoms with Gasteiger partial charge < -0.3 is 14.4 Å². The van der Waals surface area contributed by atoms with Crippen LogP contribution in [0.15, 0.2) is 16.9 Å². The number of halogens is 1. The molecule has 7 nitrogen and oxygen atoms in total. The van der Waals surface area contributed by atoms with Crippen molar-refractivity contribution in [1.29, 1.82) is 0 Å². The number of imidazole rings is 1. The monoisotopic (exact) mass is 366 g/mol. The highest BCUT2D eigenvalue weighted by Gasteiger charge is 2.28. The minimum absolute atomic E-state index is 0. The zero-order valence-electron chi connectivity index (χ0n) is 14.7. The molecule has 1 saturated carbocycles. The Hall–Kier alpha value is -1.44. The molecular weight excluding hydrogens is 340 g/mol. The van der Waals surface area contributed by atoms with Crippen LogP contribution in [-0.2, 0) is 13.6 Å². The first-order chi connectivity index (χ1) is 11.8. The lowest BCUT2D eigenvalue weighted by Gasteiger charge is -2.34. The van der Waals surface area contributed by atoms with Crippen LogP contribution in [0, 0.1) is 0 Å². The molecule has 0 bridgehead atoms. The van der Waals surface area contributed by atoms with Crippen molar-refractivity contribution < 1.29 is 4.52 Å². The zero-order valence-corrected chi connectivity index (χ0v) is 15.5. The Morgan fingerprint density at radius 2 is 2.12 bits per heavy atom. The summed E-state index contributed by atoms with van der Waals surface area (Å²) in [7, 11) is 2.05. The van der Waals surface area contributed by atoms with E-state index >= 15 is 0 Å². The highest BCUT2D eigenvalue weighted by Crippen LogP contribution is 2.31. The Morgan fingerprint density at radius 3 is 2.88 bits per heavy atom. The summed E-state index contributed by atoms with van der Waals surface area (Å²) in [5.41, 5.74) is 0. The summed E-state index contributed by atoms with van der Waals surface area (Å²) in [6.45, 7) is 3.56. The van der Waals surface area contributed by atoms with Gasteiger partial charge in [0.05, 0.1) is 12.6 Å². The van der Waals surface area contributed by atoms with Crippen LogP contribution in [0.25, 0.3) is 0 Å². The Kier molecular flexibility index (Phi) is 6.09. The molecule has 8 heteroatoms. The second-order valence-corrected chi connectivity index (χ2v) is 6.97. The summed E-state index contributed by atoms with van der Waals surface area (Å²) in [6.07, 6.45) is 10.1. The van der Waals surface area contributed by atoms with Crippen molar-refractivity contribution in [2.45, 2.75) is 50.6 Å². The summed E-state index contributed by atoms with van der Waals surface area (Å²) in [5.74, 6) is 3.19. The number of rotatable bonds is 4. The number of aryl methyl sites for hydroxylation is 1. The molecule has 0 spiro atoms. The number of hydrogen-bond acceptors (Lipinski definition) is 6. The highest BCUT2D eigenvalue weighted by atomic mass is 35.5. The van der Waals surface area contributed by atoms with Crippen molar-refractivity contribution in [2.24, 2.45) is 7.05 Å². The van der Waals surface area contributed by atoms with E-state index in [-0.39, 0.29) is 18.4 Å². The van der Waals surface area contributed by atoms with Crippen molar-refractivity contribution in [3.05, 3.63) is 29.9 Å². The smallest absolute Gasteiger partial charge is 0.229 e. The molecule has 0 radical (unpaired) electrons. The van der Waals surface area contributed by atoms with Crippen LogP contribution in [0.1, 0.15) is 61.6 Å². The second-order valence-electron chi connectivity index (χ2n) is 6.97. The number of hydrogen-bond donors (Lipinski definition) is 1. The molecule has 1 aliphatic heterocycles. The SMILES string of the molecule is Cl.Cn1ccnc1C1CNCCN1Cc1noc(C2CCCCC2)n1. The van der Waals surface area contributed by atoms with Crippen LogP contribution >= 0.6 is 12.4 Å². The Labute approximate surface area is 154 Å². The fourth-order valence-electron chi connectivity index (χ4n) is 3.92. The van der Waals surface area contributed by atoms with E-state index in [1.165, 1.54) is 32.1 Å². The third kappa shape index (κ3) is 4.04. The number of nitrogens with zero attached hydrogens (tertiary/aromatic N) is 5. The average Bonchev–Trinajstić information content (AvgIpc) is 3.25. The molecule has 2 fully saturated rings. The quantitative estimate of drug-likeness (QED) is 0.895. The standard InChI is InChI=1S/C17H26N6O.ClH/c1-22-9-8-19-16(22)14-11-18-7-10-23(14)12-15-20-17(24-21-15)13-5-3-2-4-6-13;/h8-9,13-14,18H,2-7,10-12H2,1H3;1H. The first-order valence-corrected chi connectivity index (χ1v) is 9.06. The van der Waals surface area contributed by atoms with Crippen molar-refractivity contribution in [2.75, 3.05) is 19.6 Å². The van der Waals surface area contributed by atoms with Gasteiger partial charge in [0, 0.05) is 45.0 Å². The topological polar surface area (TPSA) is 72.0 Å². The molecule has 0 amide bonds. The van der Waals surface area contributed by atoms with E-state index in [4.69, 9.17) is 9.51 Å². The summed E-state index contributed by atoms with van der Waals surface area (Å²) < 4.78 is 7.66. The van der Waals surface area contributed by atoms with Gasteiger partial charge in [0.25, 0.3) is 0 Å². The third-order valence-electron chi connectivity index (χ3n) is 5.29. The van der Waals surface area contributed by atoms with Gasteiger partial charge in [-0.2, -0.15) is 4.98 Å². The minimum atomic E-state index is 0. The lowest BCUT2D eigenvalue weighted by atomic mass is 9.89. The molecule has 0 aromatic carbocycles. The molecule has 1 atom stereocenters. The largest absolute Gasteiger partial charge is 0.339 e. The van der Waals surface area contributed by atoms with Crippen LogP contribution in [0.2, 0.25) is 0 Å². The Morgan fingerprint density at radius 1 is 1.28 bits per heavy atom. The van der Waals surface area contributed by atoms with Gasteiger partial charge in [0.2, 0.25) is 5.89 Å². The normalized spacial score (nSPS) is 22.7. The first kappa shape index (κ1) is 18.4. The van der Waals surface area contributed by atoms with E-state index in [2.05, 4.69) is 24.9 Å². The lowest BCUT2D eigenvalue weighted by Crippen LogP contribution is -2.46. The molecular formula is C17H27ClN6O. The van der Waals surface area contributed by atoms with Gasteiger partial charge in [-0.15, -0.1) is 12.4 Å². The first-order valence-electron chi connectivity index (χ1n) is 9.06. The van der Waals surface area contributed by atoms with E-state index in [0.29, 0.717) is 5.92 Å². The van der Waals surface area contributed by atoms with Crippen LogP contribution in [0.5, 0.6) is 0 Å². The van der Waals surface area contributed by atoms with Gasteiger partial charge in [-0.1, -0.05) is 24.4 Å². The number of nitrogens with one attached hydrogen (secondary N) is 1. The minimum Gasteiger partial charge on any atom is -0.339 e. The summed E-state index contributed by atoms with van der Waals surface area (Å²) >= 11 is 0. The summed E-state index contributed by atoms with van der Waals surface area (Å²) in [6, 6.07) is 0.246. The molecule has 1 aliphatic carbocycles. The maximum absolute atomic E-state index is 5.57. The zero-order chi connectivity index (χ0) is 16.4. The molecule has 1 N–H and O–H groups in total. The average molecular weight is 367 g/mol. The van der Waals surface area contributed by atoms with Crippen molar-refractivity contribution in [3.63, 3.8) is 0 Å². The molecule has 2 aromatic rings. The predicted molar refractivity (Wildman–Crippen MR) is 96.6 cm³/mol. The highest BCUT2D eigenvalue weighted by molar-refractivity contribution is 5.85. The molecule has 1 unspecified atom stereocenters. The summed E-state index contributed by atoms with van der Waals surface area (Å²) in [5, 5.41) is 7.71. The summed E-state index contributed by atoms with van der Waals surface area (Å²) in [4.78, 5) is 11.6. The number of aromatic nitrogens is 4. The number of piperazine rings is 1. The fraction of sp³-hybridized carbons (Fsp3) is 0.706. The van der Waals surface area contributed by atoms with Gasteiger partial charge >= 0.3 is 0 Å². The van der Waals surface area contributed by atoms with E-state index in [0.717, 1.165) is 43.7 Å². The van der Waals surface area contributed by atoms with Gasteiger partial charge in [-0.05, 0) is 12.8 Å². The molecule has 2 aliphatic rings. The van der Waals surface area contributed by atoms with E-state index in [9.17, 15) is 0 Å². The van der Waals surface area contributed by atoms with Crippen LogP contribution < -0.4 is 5.32 Å². The van der Waals surface area contributed by atoms with Gasteiger partial charge in [0.15, 0.2) is 5.82 Å². The maximum atomic E-state index is 5.57. The van der Waals surface area contributed by atoms with Crippen molar-refractivity contribution >= 4 is 12.4 Å².